The maximum atomic E-state index is 11.6. The third kappa shape index (κ3) is 3.81. The van der Waals surface area contributed by atoms with Gasteiger partial charge in [-0.25, -0.2) is 0 Å². The van der Waals surface area contributed by atoms with Gasteiger partial charge in [-0.1, -0.05) is 6.92 Å². The van der Waals surface area contributed by atoms with Crippen molar-refractivity contribution in [2.24, 2.45) is 11.7 Å². The molecule has 1 saturated heterocycles. The first-order chi connectivity index (χ1) is 7.65. The third-order valence-corrected chi connectivity index (χ3v) is 2.92. The number of hydrogen-bond donors (Lipinski definition) is 2. The third-order valence-electron chi connectivity index (χ3n) is 2.92. The largest absolute Gasteiger partial charge is 0.347 e. The van der Waals surface area contributed by atoms with Gasteiger partial charge < -0.3 is 16.0 Å². The van der Waals surface area contributed by atoms with Crippen LogP contribution in [-0.2, 0) is 9.59 Å². The number of nitrogens with one attached hydrogen (secondary N) is 1. The zero-order valence-electron chi connectivity index (χ0n) is 9.87. The Kier molecular flexibility index (Phi) is 5.25. The molecule has 0 aliphatic carbocycles. The Bertz CT molecular complexity index is 250. The van der Waals surface area contributed by atoms with Crippen molar-refractivity contribution in [1.29, 1.82) is 0 Å². The van der Waals surface area contributed by atoms with E-state index in [-0.39, 0.29) is 24.3 Å². The van der Waals surface area contributed by atoms with Crippen LogP contribution in [0.2, 0.25) is 0 Å². The van der Waals surface area contributed by atoms with Gasteiger partial charge in [0.2, 0.25) is 11.8 Å². The second-order valence-electron chi connectivity index (χ2n) is 4.28. The molecule has 0 aromatic carbocycles. The molecule has 2 amide bonds. The molecule has 0 saturated carbocycles. The van der Waals surface area contributed by atoms with Gasteiger partial charge in [0.1, 0.15) is 0 Å². The van der Waals surface area contributed by atoms with E-state index < -0.39 is 0 Å². The van der Waals surface area contributed by atoms with E-state index in [1.807, 2.05) is 6.92 Å². The molecular weight excluding hydrogens is 206 g/mol. The summed E-state index contributed by atoms with van der Waals surface area (Å²) in [5.74, 6) is -0.180. The second kappa shape index (κ2) is 6.48. The summed E-state index contributed by atoms with van der Waals surface area (Å²) in [6.07, 6.45) is 2.80. The number of hydrogen-bond acceptors (Lipinski definition) is 3. The first-order valence-corrected chi connectivity index (χ1v) is 5.90. The summed E-state index contributed by atoms with van der Waals surface area (Å²) in [6, 6.07) is 0. The van der Waals surface area contributed by atoms with Gasteiger partial charge in [0.05, 0.1) is 6.54 Å². The minimum Gasteiger partial charge on any atom is -0.347 e. The first-order valence-electron chi connectivity index (χ1n) is 5.90. The van der Waals surface area contributed by atoms with E-state index in [0.717, 1.165) is 25.9 Å². The average Bonchev–Trinajstić information content (AvgIpc) is 2.79. The summed E-state index contributed by atoms with van der Waals surface area (Å²) in [6.45, 7) is 4.09. The van der Waals surface area contributed by atoms with Gasteiger partial charge in [0.25, 0.3) is 0 Å². The summed E-state index contributed by atoms with van der Waals surface area (Å²) in [7, 11) is 0. The molecule has 1 aliphatic rings. The summed E-state index contributed by atoms with van der Waals surface area (Å²) >= 11 is 0. The van der Waals surface area contributed by atoms with E-state index in [0.29, 0.717) is 13.0 Å². The highest BCUT2D eigenvalue weighted by atomic mass is 16.2. The van der Waals surface area contributed by atoms with E-state index in [2.05, 4.69) is 5.32 Å². The second-order valence-corrected chi connectivity index (χ2v) is 4.28. The molecule has 1 rings (SSSR count). The van der Waals surface area contributed by atoms with Crippen molar-refractivity contribution in [1.82, 2.24) is 10.2 Å². The minimum atomic E-state index is -0.114. The lowest BCUT2D eigenvalue weighted by Gasteiger charge is -2.16. The Hall–Kier alpha value is -1.10. The number of rotatable bonds is 5. The maximum absolute atomic E-state index is 11.6. The van der Waals surface area contributed by atoms with Crippen molar-refractivity contribution in [2.45, 2.75) is 26.2 Å². The number of carbonyl (C=O) groups is 2. The van der Waals surface area contributed by atoms with E-state index in [9.17, 15) is 9.59 Å². The van der Waals surface area contributed by atoms with Crippen LogP contribution in [0.4, 0.5) is 0 Å². The Balaban J connectivity index is 2.22. The molecule has 92 valence electrons. The van der Waals surface area contributed by atoms with Crippen molar-refractivity contribution in [3.05, 3.63) is 0 Å². The zero-order valence-corrected chi connectivity index (χ0v) is 9.87. The van der Waals surface area contributed by atoms with Crippen LogP contribution in [0.1, 0.15) is 26.2 Å². The summed E-state index contributed by atoms with van der Waals surface area (Å²) in [5, 5.41) is 2.66. The molecule has 1 atom stereocenters. The number of amides is 2. The Morgan fingerprint density at radius 2 is 2.00 bits per heavy atom. The molecule has 16 heavy (non-hydrogen) atoms. The van der Waals surface area contributed by atoms with Crippen LogP contribution in [0, 0.1) is 5.92 Å². The zero-order chi connectivity index (χ0) is 12.0. The molecule has 0 aromatic heterocycles. The molecule has 0 bridgehead atoms. The molecule has 0 spiro atoms. The maximum Gasteiger partial charge on any atom is 0.241 e. The smallest absolute Gasteiger partial charge is 0.241 e. The van der Waals surface area contributed by atoms with Gasteiger partial charge in [-0.3, -0.25) is 9.59 Å². The average molecular weight is 227 g/mol. The van der Waals surface area contributed by atoms with Gasteiger partial charge in [-0.15, -0.1) is 0 Å². The van der Waals surface area contributed by atoms with Gasteiger partial charge in [0.15, 0.2) is 0 Å². The highest BCUT2D eigenvalue weighted by Crippen LogP contribution is 2.07. The van der Waals surface area contributed by atoms with Crippen molar-refractivity contribution < 1.29 is 9.59 Å². The molecule has 5 heteroatoms. The highest BCUT2D eigenvalue weighted by Gasteiger charge is 2.19. The summed E-state index contributed by atoms with van der Waals surface area (Å²) in [5.41, 5.74) is 5.37. The quantitative estimate of drug-likeness (QED) is 0.677. The first kappa shape index (κ1) is 13.0. The predicted octanol–water partition coefficient (Wildman–Crippen LogP) is -0.290. The molecule has 0 aromatic rings. The Morgan fingerprint density at radius 1 is 1.38 bits per heavy atom. The number of carbonyl (C=O) groups excluding carboxylic acids is 2. The summed E-state index contributed by atoms with van der Waals surface area (Å²) < 4.78 is 0. The molecule has 0 radical (unpaired) electrons. The van der Waals surface area contributed by atoms with Crippen molar-refractivity contribution in [3.8, 4) is 0 Å². The number of likely N-dealkylation sites (tertiary alicyclic amines) is 1. The van der Waals surface area contributed by atoms with Crippen LogP contribution >= 0.6 is 0 Å². The van der Waals surface area contributed by atoms with Gasteiger partial charge >= 0.3 is 0 Å². The number of nitrogens with two attached hydrogens (primary N) is 1. The van der Waals surface area contributed by atoms with E-state index in [1.54, 1.807) is 4.90 Å². The fraction of sp³-hybridized carbons (Fsp3) is 0.818. The van der Waals surface area contributed by atoms with Crippen LogP contribution in [-0.4, -0.2) is 42.9 Å². The highest BCUT2D eigenvalue weighted by molar-refractivity contribution is 5.85. The minimum absolute atomic E-state index is 0.0193. The Labute approximate surface area is 96.4 Å². The molecule has 1 heterocycles. The van der Waals surface area contributed by atoms with Gasteiger partial charge in [0, 0.05) is 19.0 Å². The van der Waals surface area contributed by atoms with Crippen LogP contribution < -0.4 is 11.1 Å². The fourth-order valence-electron chi connectivity index (χ4n) is 1.80. The molecule has 3 N–H and O–H groups in total. The molecule has 5 nitrogen and oxygen atoms in total. The van der Waals surface area contributed by atoms with Crippen LogP contribution in [0.25, 0.3) is 0 Å². The topological polar surface area (TPSA) is 75.4 Å². The normalized spacial score (nSPS) is 17.2. The lowest BCUT2D eigenvalue weighted by atomic mass is 10.1. The van der Waals surface area contributed by atoms with Crippen LogP contribution in [0.3, 0.4) is 0 Å². The lowest BCUT2D eigenvalue weighted by molar-refractivity contribution is -0.133. The molecule has 1 unspecified atom stereocenters. The van der Waals surface area contributed by atoms with Gasteiger partial charge in [-0.2, -0.15) is 0 Å². The van der Waals surface area contributed by atoms with Crippen molar-refractivity contribution in [2.75, 3.05) is 26.2 Å². The summed E-state index contributed by atoms with van der Waals surface area (Å²) in [4.78, 5) is 24.9. The van der Waals surface area contributed by atoms with E-state index >= 15 is 0 Å². The standard InChI is InChI=1S/C11H21N3O2/c1-9(4-5-12)11(16)13-8-10(15)14-6-2-3-7-14/h9H,2-8,12H2,1H3,(H,13,16). The van der Waals surface area contributed by atoms with Crippen molar-refractivity contribution in [3.63, 3.8) is 0 Å². The monoisotopic (exact) mass is 227 g/mol. The Morgan fingerprint density at radius 3 is 2.56 bits per heavy atom. The van der Waals surface area contributed by atoms with Crippen LogP contribution in [0.5, 0.6) is 0 Å². The van der Waals surface area contributed by atoms with Gasteiger partial charge in [-0.05, 0) is 25.8 Å². The van der Waals surface area contributed by atoms with Crippen LogP contribution in [0.15, 0.2) is 0 Å². The van der Waals surface area contributed by atoms with E-state index in [1.165, 1.54) is 0 Å². The lowest BCUT2D eigenvalue weighted by Crippen LogP contribution is -2.40. The SMILES string of the molecule is CC(CCN)C(=O)NCC(=O)N1CCCC1. The molecular formula is C11H21N3O2. The number of nitrogens with zero attached hydrogens (tertiary/aromatic N) is 1. The van der Waals surface area contributed by atoms with E-state index in [4.69, 9.17) is 5.73 Å². The molecule has 1 aliphatic heterocycles. The fourth-order valence-corrected chi connectivity index (χ4v) is 1.80. The van der Waals surface area contributed by atoms with Crippen molar-refractivity contribution >= 4 is 11.8 Å². The predicted molar refractivity (Wildman–Crippen MR) is 61.7 cm³/mol. The molecule has 1 fully saturated rings.